The summed E-state index contributed by atoms with van der Waals surface area (Å²) in [5, 5.41) is 3.96. The summed E-state index contributed by atoms with van der Waals surface area (Å²) in [7, 11) is 0. The molecule has 5 nitrogen and oxygen atoms in total. The number of aromatic amines is 1. The number of rotatable bonds is 7. The van der Waals surface area contributed by atoms with Crippen LogP contribution in [0.15, 0.2) is 48.7 Å². The predicted molar refractivity (Wildman–Crippen MR) is 107 cm³/mol. The van der Waals surface area contributed by atoms with E-state index >= 15 is 0 Å². The first-order valence-corrected chi connectivity index (χ1v) is 9.17. The number of nitrogens with one attached hydrogen (secondary N) is 2. The van der Waals surface area contributed by atoms with Gasteiger partial charge in [-0.1, -0.05) is 43.3 Å². The molecule has 0 bridgehead atoms. The largest absolute Gasteiger partial charge is 0.456 e. The Hall–Kier alpha value is -3.08. The number of benzene rings is 2. The van der Waals surface area contributed by atoms with Crippen molar-refractivity contribution in [2.24, 2.45) is 0 Å². The molecule has 0 fully saturated rings. The number of H-pyrrole nitrogens is 1. The standard InChI is InChI=1S/C22H24N2O3/c1-3-16-8-6-7-15(2)22(16)24-20(25)14-27-21(26)12-11-17-13-23-19-10-5-4-9-18(17)19/h4-10,13,23H,3,11-12,14H2,1-2H3,(H,24,25). The predicted octanol–water partition coefficient (Wildman–Crippen LogP) is 4.15. The Morgan fingerprint density at radius 2 is 1.89 bits per heavy atom. The second-order valence-corrected chi connectivity index (χ2v) is 6.53. The highest BCUT2D eigenvalue weighted by Crippen LogP contribution is 2.21. The number of anilines is 1. The molecule has 5 heteroatoms. The molecule has 0 aliphatic heterocycles. The first kappa shape index (κ1) is 18.7. The van der Waals surface area contributed by atoms with Crippen LogP contribution < -0.4 is 5.32 Å². The summed E-state index contributed by atoms with van der Waals surface area (Å²) >= 11 is 0. The van der Waals surface area contributed by atoms with Crippen molar-refractivity contribution in [2.75, 3.05) is 11.9 Å². The Morgan fingerprint density at radius 1 is 1.07 bits per heavy atom. The van der Waals surface area contributed by atoms with Crippen LogP contribution in [0.4, 0.5) is 5.69 Å². The van der Waals surface area contributed by atoms with Crippen LogP contribution in [-0.2, 0) is 27.2 Å². The van der Waals surface area contributed by atoms with Crippen LogP contribution in [0, 0.1) is 6.92 Å². The van der Waals surface area contributed by atoms with E-state index in [0.29, 0.717) is 6.42 Å². The summed E-state index contributed by atoms with van der Waals surface area (Å²) in [6, 6.07) is 13.9. The van der Waals surface area contributed by atoms with Gasteiger partial charge in [0.15, 0.2) is 6.61 Å². The second kappa shape index (κ2) is 8.54. The van der Waals surface area contributed by atoms with Gasteiger partial charge in [0, 0.05) is 29.2 Å². The highest BCUT2D eigenvalue weighted by Gasteiger charge is 2.12. The molecule has 0 unspecified atom stereocenters. The van der Waals surface area contributed by atoms with Crippen molar-refractivity contribution >= 4 is 28.5 Å². The Kier molecular flexibility index (Phi) is 5.91. The van der Waals surface area contributed by atoms with Gasteiger partial charge in [-0.3, -0.25) is 9.59 Å². The first-order valence-electron chi connectivity index (χ1n) is 9.17. The number of carbonyl (C=O) groups excluding carboxylic acids is 2. The van der Waals surface area contributed by atoms with Crippen LogP contribution in [0.25, 0.3) is 10.9 Å². The average Bonchev–Trinajstić information content (AvgIpc) is 3.09. The number of carbonyl (C=O) groups is 2. The Morgan fingerprint density at radius 3 is 2.70 bits per heavy atom. The Balaban J connectivity index is 1.50. The summed E-state index contributed by atoms with van der Waals surface area (Å²) in [5.74, 6) is -0.699. The summed E-state index contributed by atoms with van der Waals surface area (Å²) in [4.78, 5) is 27.3. The number of fused-ring (bicyclic) bond motifs is 1. The number of amides is 1. The molecule has 1 amide bonds. The number of para-hydroxylation sites is 2. The van der Waals surface area contributed by atoms with E-state index < -0.39 is 0 Å². The lowest BCUT2D eigenvalue weighted by atomic mass is 10.1. The molecule has 0 aliphatic carbocycles. The highest BCUT2D eigenvalue weighted by atomic mass is 16.5. The minimum Gasteiger partial charge on any atom is -0.456 e. The molecule has 0 radical (unpaired) electrons. The molecule has 2 aromatic carbocycles. The molecule has 1 heterocycles. The molecule has 0 saturated heterocycles. The van der Waals surface area contributed by atoms with Gasteiger partial charge in [0.05, 0.1) is 0 Å². The number of aryl methyl sites for hydroxylation is 3. The minimum absolute atomic E-state index is 0.236. The first-order chi connectivity index (χ1) is 13.1. The molecular weight excluding hydrogens is 340 g/mol. The molecule has 0 atom stereocenters. The number of hydrogen-bond donors (Lipinski definition) is 2. The van der Waals surface area contributed by atoms with Gasteiger partial charge in [-0.2, -0.15) is 0 Å². The number of hydrogen-bond acceptors (Lipinski definition) is 3. The molecule has 1 aromatic heterocycles. The van der Waals surface area contributed by atoms with Gasteiger partial charge in [0.1, 0.15) is 0 Å². The Bertz CT molecular complexity index is 959. The second-order valence-electron chi connectivity index (χ2n) is 6.53. The molecule has 0 aliphatic rings. The molecule has 2 N–H and O–H groups in total. The molecule has 0 spiro atoms. The lowest BCUT2D eigenvalue weighted by Gasteiger charge is -2.13. The summed E-state index contributed by atoms with van der Waals surface area (Å²) < 4.78 is 5.14. The van der Waals surface area contributed by atoms with Crippen LogP contribution in [0.1, 0.15) is 30.0 Å². The number of esters is 1. The Labute approximate surface area is 158 Å². The van der Waals surface area contributed by atoms with E-state index in [1.165, 1.54) is 0 Å². The smallest absolute Gasteiger partial charge is 0.306 e. The van der Waals surface area contributed by atoms with E-state index in [1.807, 2.05) is 62.5 Å². The zero-order valence-corrected chi connectivity index (χ0v) is 15.7. The van der Waals surface area contributed by atoms with Crippen molar-refractivity contribution in [3.8, 4) is 0 Å². The summed E-state index contributed by atoms with van der Waals surface area (Å²) in [6.45, 7) is 3.71. The molecule has 27 heavy (non-hydrogen) atoms. The van der Waals surface area contributed by atoms with Crippen molar-refractivity contribution in [3.05, 3.63) is 65.4 Å². The zero-order valence-electron chi connectivity index (χ0n) is 15.7. The maximum Gasteiger partial charge on any atom is 0.306 e. The number of aromatic nitrogens is 1. The average molecular weight is 364 g/mol. The van der Waals surface area contributed by atoms with E-state index in [-0.39, 0.29) is 24.9 Å². The van der Waals surface area contributed by atoms with Gasteiger partial charge in [-0.25, -0.2) is 0 Å². The van der Waals surface area contributed by atoms with Crippen molar-refractivity contribution in [1.82, 2.24) is 4.98 Å². The lowest BCUT2D eigenvalue weighted by molar-refractivity contribution is -0.147. The van der Waals surface area contributed by atoms with Crippen molar-refractivity contribution in [1.29, 1.82) is 0 Å². The van der Waals surface area contributed by atoms with E-state index in [9.17, 15) is 9.59 Å². The third-order valence-corrected chi connectivity index (χ3v) is 4.64. The van der Waals surface area contributed by atoms with Crippen LogP contribution in [0.3, 0.4) is 0 Å². The van der Waals surface area contributed by atoms with E-state index in [1.54, 1.807) is 0 Å². The van der Waals surface area contributed by atoms with E-state index in [2.05, 4.69) is 10.3 Å². The SMILES string of the molecule is CCc1cccc(C)c1NC(=O)COC(=O)CCc1c[nH]c2ccccc12. The van der Waals surface area contributed by atoms with Crippen LogP contribution in [-0.4, -0.2) is 23.5 Å². The number of ether oxygens (including phenoxy) is 1. The monoisotopic (exact) mass is 364 g/mol. The van der Waals surface area contributed by atoms with E-state index in [0.717, 1.165) is 39.7 Å². The van der Waals surface area contributed by atoms with Gasteiger partial charge in [-0.15, -0.1) is 0 Å². The maximum atomic E-state index is 12.2. The van der Waals surface area contributed by atoms with Crippen LogP contribution >= 0.6 is 0 Å². The normalized spacial score (nSPS) is 10.7. The fraction of sp³-hybridized carbons (Fsp3) is 0.273. The van der Waals surface area contributed by atoms with Gasteiger partial charge >= 0.3 is 5.97 Å². The molecule has 3 rings (SSSR count). The van der Waals surface area contributed by atoms with Crippen LogP contribution in [0.5, 0.6) is 0 Å². The van der Waals surface area contributed by atoms with Crippen molar-refractivity contribution in [3.63, 3.8) is 0 Å². The molecule has 3 aromatic rings. The van der Waals surface area contributed by atoms with Gasteiger partial charge in [-0.05, 0) is 42.5 Å². The fourth-order valence-electron chi connectivity index (χ4n) is 3.17. The van der Waals surface area contributed by atoms with Gasteiger partial charge < -0.3 is 15.0 Å². The molecule has 140 valence electrons. The fourth-order valence-corrected chi connectivity index (χ4v) is 3.17. The van der Waals surface area contributed by atoms with Crippen molar-refractivity contribution in [2.45, 2.75) is 33.1 Å². The van der Waals surface area contributed by atoms with Gasteiger partial charge in [0.25, 0.3) is 5.91 Å². The van der Waals surface area contributed by atoms with Crippen molar-refractivity contribution < 1.29 is 14.3 Å². The lowest BCUT2D eigenvalue weighted by Crippen LogP contribution is -2.22. The molecular formula is C22H24N2O3. The van der Waals surface area contributed by atoms with Crippen LogP contribution in [0.2, 0.25) is 0 Å². The third kappa shape index (κ3) is 4.56. The summed E-state index contributed by atoms with van der Waals surface area (Å²) in [5.41, 5.74) is 4.98. The minimum atomic E-state index is -0.379. The zero-order chi connectivity index (χ0) is 19.2. The quantitative estimate of drug-likeness (QED) is 0.619. The van der Waals surface area contributed by atoms with E-state index in [4.69, 9.17) is 4.74 Å². The van der Waals surface area contributed by atoms with Gasteiger partial charge in [0.2, 0.25) is 0 Å². The topological polar surface area (TPSA) is 71.2 Å². The molecule has 0 saturated carbocycles. The highest BCUT2D eigenvalue weighted by molar-refractivity contribution is 5.94. The summed E-state index contributed by atoms with van der Waals surface area (Å²) in [6.07, 6.45) is 3.54. The maximum absolute atomic E-state index is 12.2. The third-order valence-electron chi connectivity index (χ3n) is 4.64.